The molecule has 0 aliphatic rings. The first kappa shape index (κ1) is 18.7. The van der Waals surface area contributed by atoms with Gasteiger partial charge in [0, 0.05) is 19.2 Å². The van der Waals surface area contributed by atoms with E-state index in [1.807, 2.05) is 0 Å². The summed E-state index contributed by atoms with van der Waals surface area (Å²) >= 11 is 0. The number of hydrogen-bond acceptors (Lipinski definition) is 7. The van der Waals surface area contributed by atoms with E-state index in [-0.39, 0.29) is 17.2 Å². The van der Waals surface area contributed by atoms with Crippen LogP contribution in [0.1, 0.15) is 5.56 Å². The Morgan fingerprint density at radius 3 is 2.56 bits per heavy atom. The number of aryl methyl sites for hydroxylation is 1. The average Bonchev–Trinajstić information content (AvgIpc) is 2.66. The molecule has 1 aromatic heterocycles. The standard InChI is InChI=1S/C19H19FN2O5/c1-11-6-13(20)16(9-15(11)23)27-19-10-21-22-14-8-18(26-5-4-24-2)17(25-3)7-12(14)19/h6-10,23H,4-5H2,1-3H3. The first-order chi connectivity index (χ1) is 13.0. The second-order valence-corrected chi connectivity index (χ2v) is 5.74. The van der Waals surface area contributed by atoms with E-state index in [9.17, 15) is 9.50 Å². The van der Waals surface area contributed by atoms with Crippen molar-refractivity contribution < 1.29 is 28.4 Å². The van der Waals surface area contributed by atoms with Crippen LogP contribution in [0.3, 0.4) is 0 Å². The molecular weight excluding hydrogens is 355 g/mol. The highest BCUT2D eigenvalue weighted by atomic mass is 19.1. The summed E-state index contributed by atoms with van der Waals surface area (Å²) < 4.78 is 35.8. The Balaban J connectivity index is 2.00. The summed E-state index contributed by atoms with van der Waals surface area (Å²) in [5.41, 5.74) is 0.898. The molecule has 1 N–H and O–H groups in total. The molecule has 0 saturated heterocycles. The molecule has 0 fully saturated rings. The largest absolute Gasteiger partial charge is 0.508 e. The lowest BCUT2D eigenvalue weighted by molar-refractivity contribution is 0.144. The van der Waals surface area contributed by atoms with E-state index in [4.69, 9.17) is 18.9 Å². The number of benzene rings is 2. The summed E-state index contributed by atoms with van der Waals surface area (Å²) in [7, 11) is 3.09. The van der Waals surface area contributed by atoms with Gasteiger partial charge in [0.05, 0.1) is 25.3 Å². The van der Waals surface area contributed by atoms with Gasteiger partial charge in [-0.15, -0.1) is 0 Å². The first-order valence-corrected chi connectivity index (χ1v) is 8.15. The number of hydrogen-bond donors (Lipinski definition) is 1. The van der Waals surface area contributed by atoms with Crippen molar-refractivity contribution in [2.24, 2.45) is 0 Å². The Morgan fingerprint density at radius 1 is 1.00 bits per heavy atom. The summed E-state index contributed by atoms with van der Waals surface area (Å²) in [6.07, 6.45) is 1.36. The van der Waals surface area contributed by atoms with Gasteiger partial charge in [-0.3, -0.25) is 0 Å². The highest BCUT2D eigenvalue weighted by molar-refractivity contribution is 5.87. The van der Waals surface area contributed by atoms with Gasteiger partial charge in [-0.2, -0.15) is 10.2 Å². The van der Waals surface area contributed by atoms with E-state index in [0.29, 0.717) is 41.2 Å². The molecule has 0 aliphatic carbocycles. The third-order valence-corrected chi connectivity index (χ3v) is 3.90. The van der Waals surface area contributed by atoms with Gasteiger partial charge < -0.3 is 24.1 Å². The number of nitrogens with zero attached hydrogens (tertiary/aromatic N) is 2. The molecule has 142 valence electrons. The van der Waals surface area contributed by atoms with Gasteiger partial charge in [0.15, 0.2) is 28.8 Å². The van der Waals surface area contributed by atoms with E-state index in [0.717, 1.165) is 0 Å². The van der Waals surface area contributed by atoms with Gasteiger partial charge in [0.1, 0.15) is 17.9 Å². The fraction of sp³-hybridized carbons (Fsp3) is 0.263. The number of phenolic OH excluding ortho intramolecular Hbond substituents is 1. The molecule has 0 amide bonds. The molecule has 0 aliphatic heterocycles. The molecular formula is C19H19FN2O5. The van der Waals surface area contributed by atoms with Gasteiger partial charge in [-0.1, -0.05) is 0 Å². The number of ether oxygens (including phenoxy) is 4. The second kappa shape index (κ2) is 8.05. The highest BCUT2D eigenvalue weighted by Gasteiger charge is 2.15. The number of aromatic nitrogens is 2. The van der Waals surface area contributed by atoms with Crippen molar-refractivity contribution in [3.8, 4) is 28.7 Å². The van der Waals surface area contributed by atoms with Crippen LogP contribution in [0.5, 0.6) is 28.7 Å². The molecule has 0 atom stereocenters. The number of halogens is 1. The zero-order valence-electron chi connectivity index (χ0n) is 15.2. The molecule has 0 radical (unpaired) electrons. The average molecular weight is 374 g/mol. The number of rotatable bonds is 7. The van der Waals surface area contributed by atoms with Crippen molar-refractivity contribution in [2.75, 3.05) is 27.4 Å². The van der Waals surface area contributed by atoms with Crippen LogP contribution < -0.4 is 14.2 Å². The zero-order valence-corrected chi connectivity index (χ0v) is 15.2. The van der Waals surface area contributed by atoms with Crippen LogP contribution in [0.25, 0.3) is 10.9 Å². The van der Waals surface area contributed by atoms with Crippen LogP contribution in [-0.4, -0.2) is 42.7 Å². The van der Waals surface area contributed by atoms with Gasteiger partial charge in [-0.05, 0) is 24.6 Å². The van der Waals surface area contributed by atoms with Crippen molar-refractivity contribution >= 4 is 10.9 Å². The SMILES string of the molecule is COCCOc1cc2nncc(Oc3cc(O)c(C)cc3F)c2cc1OC. The number of fused-ring (bicyclic) bond motifs is 1. The maximum Gasteiger partial charge on any atom is 0.166 e. The maximum atomic E-state index is 14.2. The van der Waals surface area contributed by atoms with Crippen molar-refractivity contribution in [1.82, 2.24) is 10.2 Å². The lowest BCUT2D eigenvalue weighted by Gasteiger charge is -2.14. The van der Waals surface area contributed by atoms with Crippen LogP contribution in [0.15, 0.2) is 30.5 Å². The Labute approximate surface area is 155 Å². The molecule has 1 heterocycles. The quantitative estimate of drug-likeness (QED) is 0.633. The third kappa shape index (κ3) is 4.01. The number of aromatic hydroxyl groups is 1. The summed E-state index contributed by atoms with van der Waals surface area (Å²) in [4.78, 5) is 0. The summed E-state index contributed by atoms with van der Waals surface area (Å²) in [5, 5.41) is 18.3. The van der Waals surface area contributed by atoms with E-state index in [2.05, 4.69) is 10.2 Å². The minimum absolute atomic E-state index is 0.0656. The van der Waals surface area contributed by atoms with Crippen LogP contribution in [0, 0.1) is 12.7 Å². The van der Waals surface area contributed by atoms with Gasteiger partial charge in [0.2, 0.25) is 0 Å². The van der Waals surface area contributed by atoms with Crippen LogP contribution >= 0.6 is 0 Å². The monoisotopic (exact) mass is 374 g/mol. The van der Waals surface area contributed by atoms with Gasteiger partial charge >= 0.3 is 0 Å². The van der Waals surface area contributed by atoms with Crippen LogP contribution in [0.2, 0.25) is 0 Å². The Bertz CT molecular complexity index is 964. The van der Waals surface area contributed by atoms with E-state index in [1.54, 1.807) is 26.2 Å². The van der Waals surface area contributed by atoms with Crippen LogP contribution in [0.4, 0.5) is 4.39 Å². The number of methoxy groups -OCH3 is 2. The summed E-state index contributed by atoms with van der Waals surface area (Å²) in [6.45, 7) is 2.36. The van der Waals surface area contributed by atoms with Crippen molar-refractivity contribution in [1.29, 1.82) is 0 Å². The molecule has 0 spiro atoms. The topological polar surface area (TPSA) is 82.9 Å². The first-order valence-electron chi connectivity index (χ1n) is 8.15. The molecule has 3 rings (SSSR count). The van der Waals surface area contributed by atoms with Gasteiger partial charge in [-0.25, -0.2) is 4.39 Å². The Morgan fingerprint density at radius 2 is 1.81 bits per heavy atom. The molecule has 3 aromatic rings. The lowest BCUT2D eigenvalue weighted by Crippen LogP contribution is -2.05. The Kier molecular flexibility index (Phi) is 5.56. The predicted molar refractivity (Wildman–Crippen MR) is 96.3 cm³/mol. The molecule has 27 heavy (non-hydrogen) atoms. The van der Waals surface area contributed by atoms with Crippen LogP contribution in [-0.2, 0) is 4.74 Å². The smallest absolute Gasteiger partial charge is 0.166 e. The minimum Gasteiger partial charge on any atom is -0.508 e. The molecule has 7 nitrogen and oxygen atoms in total. The molecule has 0 bridgehead atoms. The van der Waals surface area contributed by atoms with Crippen molar-refractivity contribution in [2.45, 2.75) is 6.92 Å². The van der Waals surface area contributed by atoms with E-state index >= 15 is 0 Å². The zero-order chi connectivity index (χ0) is 19.4. The summed E-state index contributed by atoms with van der Waals surface area (Å²) in [5.74, 6) is 0.429. The normalized spacial score (nSPS) is 10.8. The minimum atomic E-state index is -0.596. The molecule has 0 unspecified atom stereocenters. The predicted octanol–water partition coefficient (Wildman–Crippen LogP) is 3.61. The number of phenols is 1. The van der Waals surface area contributed by atoms with Crippen molar-refractivity contribution in [3.63, 3.8) is 0 Å². The second-order valence-electron chi connectivity index (χ2n) is 5.74. The maximum absolute atomic E-state index is 14.2. The fourth-order valence-corrected chi connectivity index (χ4v) is 2.47. The fourth-order valence-electron chi connectivity index (χ4n) is 2.47. The summed E-state index contributed by atoms with van der Waals surface area (Å²) in [6, 6.07) is 5.75. The molecule has 8 heteroatoms. The third-order valence-electron chi connectivity index (χ3n) is 3.90. The molecule has 2 aromatic carbocycles. The van der Waals surface area contributed by atoms with E-state index < -0.39 is 5.82 Å². The van der Waals surface area contributed by atoms with Crippen molar-refractivity contribution in [3.05, 3.63) is 41.8 Å². The lowest BCUT2D eigenvalue weighted by atomic mass is 10.2. The Hall–Kier alpha value is -3.13. The molecule has 0 saturated carbocycles. The van der Waals surface area contributed by atoms with E-state index in [1.165, 1.54) is 25.4 Å². The highest BCUT2D eigenvalue weighted by Crippen LogP contribution is 2.38. The van der Waals surface area contributed by atoms with Gasteiger partial charge in [0.25, 0.3) is 0 Å².